The quantitative estimate of drug-likeness (QED) is 0.818. The van der Waals surface area contributed by atoms with E-state index in [2.05, 4.69) is 44.2 Å². The summed E-state index contributed by atoms with van der Waals surface area (Å²) in [5.41, 5.74) is 1.89. The Morgan fingerprint density at radius 3 is 2.92 bits per heavy atom. The molecule has 0 amide bonds. The summed E-state index contributed by atoms with van der Waals surface area (Å²) >= 11 is 6.20. The molecular weight excluding hydrogens is 328 g/mol. The van der Waals surface area contributed by atoms with E-state index in [1.54, 1.807) is 6.20 Å². The smallest absolute Gasteiger partial charge is 0.257 e. The SMILES string of the molecule is Cc1c2c(nn1C1CCC1)OCCC(C)Nc1nc(ncc1Cl)N2. The number of halogens is 1. The predicted molar refractivity (Wildman–Crippen MR) is 93.4 cm³/mol. The van der Waals surface area contributed by atoms with Gasteiger partial charge < -0.3 is 15.4 Å². The standard InChI is InChI=1S/C16H21ClN6O/c1-9-6-7-24-15-13(10(2)23(22-15)11-4-3-5-11)20-16-18-8-12(17)14(19-9)21-16/h8-9,11H,3-7H2,1-2H3,(H2,18,19,20,21). The van der Waals surface area contributed by atoms with Gasteiger partial charge in [-0.05, 0) is 33.1 Å². The molecule has 0 radical (unpaired) electrons. The monoisotopic (exact) mass is 348 g/mol. The molecule has 1 aliphatic heterocycles. The fourth-order valence-corrected chi connectivity index (χ4v) is 3.15. The number of aromatic nitrogens is 4. The molecule has 2 aromatic rings. The average Bonchev–Trinajstić information content (AvgIpc) is 2.77. The van der Waals surface area contributed by atoms with Crippen LogP contribution in [0.3, 0.4) is 0 Å². The fraction of sp³-hybridized carbons (Fsp3) is 0.562. The second kappa shape index (κ2) is 6.12. The maximum absolute atomic E-state index is 6.20. The van der Waals surface area contributed by atoms with Gasteiger partial charge in [0.05, 0.1) is 24.5 Å². The lowest BCUT2D eigenvalue weighted by Crippen LogP contribution is -2.20. The minimum Gasteiger partial charge on any atom is -0.475 e. The van der Waals surface area contributed by atoms with Gasteiger partial charge in [0.25, 0.3) is 5.88 Å². The number of hydrogen-bond acceptors (Lipinski definition) is 6. The van der Waals surface area contributed by atoms with Crippen LogP contribution in [0.2, 0.25) is 5.02 Å². The molecule has 2 bridgehead atoms. The lowest BCUT2D eigenvalue weighted by atomic mass is 9.93. The van der Waals surface area contributed by atoms with Crippen molar-refractivity contribution in [3.63, 3.8) is 0 Å². The van der Waals surface area contributed by atoms with Crippen LogP contribution >= 0.6 is 11.6 Å². The summed E-state index contributed by atoms with van der Waals surface area (Å²) in [6, 6.07) is 0.653. The zero-order valence-electron chi connectivity index (χ0n) is 13.8. The van der Waals surface area contributed by atoms with Crippen LogP contribution in [0.1, 0.15) is 44.3 Å². The molecule has 1 fully saturated rings. The number of nitrogens with zero attached hydrogens (tertiary/aromatic N) is 4. The van der Waals surface area contributed by atoms with Crippen molar-refractivity contribution in [3.8, 4) is 5.88 Å². The van der Waals surface area contributed by atoms with Crippen LogP contribution in [0.15, 0.2) is 6.20 Å². The Bertz CT molecular complexity index is 757. The van der Waals surface area contributed by atoms with E-state index in [0.717, 1.165) is 17.8 Å². The average molecular weight is 349 g/mol. The van der Waals surface area contributed by atoms with E-state index in [-0.39, 0.29) is 6.04 Å². The first-order chi connectivity index (χ1) is 11.6. The molecule has 1 aliphatic carbocycles. The molecule has 1 atom stereocenters. The van der Waals surface area contributed by atoms with Crippen molar-refractivity contribution >= 4 is 29.1 Å². The first kappa shape index (κ1) is 15.5. The third kappa shape index (κ3) is 2.77. The van der Waals surface area contributed by atoms with Gasteiger partial charge in [-0.25, -0.2) is 4.98 Å². The van der Waals surface area contributed by atoms with Crippen molar-refractivity contribution in [1.82, 2.24) is 19.7 Å². The van der Waals surface area contributed by atoms with Crippen molar-refractivity contribution in [3.05, 3.63) is 16.9 Å². The molecule has 128 valence electrons. The maximum atomic E-state index is 6.20. The van der Waals surface area contributed by atoms with Crippen molar-refractivity contribution < 1.29 is 4.74 Å². The lowest BCUT2D eigenvalue weighted by Gasteiger charge is -2.26. The van der Waals surface area contributed by atoms with Gasteiger partial charge in [-0.15, -0.1) is 5.10 Å². The summed E-state index contributed by atoms with van der Waals surface area (Å²) in [7, 11) is 0. The Morgan fingerprint density at radius 1 is 1.33 bits per heavy atom. The van der Waals surface area contributed by atoms with E-state index >= 15 is 0 Å². The lowest BCUT2D eigenvalue weighted by molar-refractivity contribution is 0.259. The zero-order valence-corrected chi connectivity index (χ0v) is 14.6. The molecule has 1 unspecified atom stereocenters. The summed E-state index contributed by atoms with van der Waals surface area (Å²) < 4.78 is 8.03. The van der Waals surface area contributed by atoms with Crippen molar-refractivity contribution in [1.29, 1.82) is 0 Å². The predicted octanol–water partition coefficient (Wildman–Crippen LogP) is 3.69. The van der Waals surface area contributed by atoms with E-state index < -0.39 is 0 Å². The van der Waals surface area contributed by atoms with Gasteiger partial charge in [0.15, 0.2) is 5.82 Å². The van der Waals surface area contributed by atoms with Crippen molar-refractivity contribution in [2.24, 2.45) is 0 Å². The largest absolute Gasteiger partial charge is 0.475 e. The topological polar surface area (TPSA) is 76.9 Å². The molecule has 0 saturated heterocycles. The van der Waals surface area contributed by atoms with Gasteiger partial charge in [-0.1, -0.05) is 11.6 Å². The van der Waals surface area contributed by atoms with Gasteiger partial charge >= 0.3 is 0 Å². The minimum atomic E-state index is 0.182. The number of ether oxygens (including phenoxy) is 1. The summed E-state index contributed by atoms with van der Waals surface area (Å²) in [4.78, 5) is 8.78. The Morgan fingerprint density at radius 2 is 2.17 bits per heavy atom. The summed E-state index contributed by atoms with van der Waals surface area (Å²) in [5, 5.41) is 11.8. The van der Waals surface area contributed by atoms with Crippen LogP contribution in [0.25, 0.3) is 0 Å². The summed E-state index contributed by atoms with van der Waals surface area (Å²) in [5.74, 6) is 1.74. The molecule has 7 nitrogen and oxygen atoms in total. The summed E-state index contributed by atoms with van der Waals surface area (Å²) in [6.07, 6.45) is 6.03. The molecule has 3 heterocycles. The number of nitrogens with one attached hydrogen (secondary N) is 2. The number of rotatable bonds is 1. The van der Waals surface area contributed by atoms with Crippen LogP contribution in [0, 0.1) is 6.92 Å². The van der Waals surface area contributed by atoms with Gasteiger partial charge in [0.1, 0.15) is 10.7 Å². The Labute approximate surface area is 145 Å². The Balaban J connectivity index is 1.74. The van der Waals surface area contributed by atoms with Crippen LogP contribution in [0.4, 0.5) is 17.5 Å². The Kier molecular flexibility index (Phi) is 3.96. The van der Waals surface area contributed by atoms with Gasteiger partial charge in [-0.3, -0.25) is 4.68 Å². The molecule has 0 aromatic carbocycles. The van der Waals surface area contributed by atoms with Crippen LogP contribution < -0.4 is 15.4 Å². The molecular formula is C16H21ClN6O. The van der Waals surface area contributed by atoms with Crippen LogP contribution in [0.5, 0.6) is 5.88 Å². The molecule has 2 aromatic heterocycles. The number of fused-ring (bicyclic) bond motifs is 3. The fourth-order valence-electron chi connectivity index (χ4n) is 3.00. The molecule has 4 rings (SSSR count). The highest BCUT2D eigenvalue weighted by atomic mass is 35.5. The first-order valence-electron chi connectivity index (χ1n) is 8.40. The highest BCUT2D eigenvalue weighted by Crippen LogP contribution is 2.38. The Hall–Kier alpha value is -2.02. The molecule has 0 spiro atoms. The molecule has 1 saturated carbocycles. The highest BCUT2D eigenvalue weighted by Gasteiger charge is 2.27. The first-order valence-corrected chi connectivity index (χ1v) is 8.77. The maximum Gasteiger partial charge on any atom is 0.257 e. The molecule has 24 heavy (non-hydrogen) atoms. The van der Waals surface area contributed by atoms with Gasteiger partial charge in [0, 0.05) is 12.5 Å². The van der Waals surface area contributed by atoms with E-state index in [1.807, 2.05) is 0 Å². The molecule has 8 heteroatoms. The van der Waals surface area contributed by atoms with Gasteiger partial charge in [0.2, 0.25) is 5.95 Å². The number of anilines is 3. The van der Waals surface area contributed by atoms with Crippen LogP contribution in [-0.2, 0) is 0 Å². The second-order valence-electron chi connectivity index (χ2n) is 6.49. The highest BCUT2D eigenvalue weighted by molar-refractivity contribution is 6.32. The van der Waals surface area contributed by atoms with E-state index in [4.69, 9.17) is 16.3 Å². The number of hydrogen-bond donors (Lipinski definition) is 2. The normalized spacial score (nSPS) is 20.7. The van der Waals surface area contributed by atoms with Crippen molar-refractivity contribution in [2.75, 3.05) is 17.2 Å². The van der Waals surface area contributed by atoms with Gasteiger partial charge in [-0.2, -0.15) is 4.98 Å². The molecule has 2 N–H and O–H groups in total. The van der Waals surface area contributed by atoms with E-state index in [1.165, 1.54) is 19.3 Å². The van der Waals surface area contributed by atoms with E-state index in [0.29, 0.717) is 35.3 Å². The van der Waals surface area contributed by atoms with Crippen LogP contribution in [-0.4, -0.2) is 32.4 Å². The molecule has 2 aliphatic rings. The zero-order chi connectivity index (χ0) is 16.7. The summed E-state index contributed by atoms with van der Waals surface area (Å²) in [6.45, 7) is 4.70. The second-order valence-corrected chi connectivity index (χ2v) is 6.90. The van der Waals surface area contributed by atoms with E-state index in [9.17, 15) is 0 Å². The third-order valence-electron chi connectivity index (χ3n) is 4.69. The van der Waals surface area contributed by atoms with Crippen molar-refractivity contribution in [2.45, 2.75) is 51.6 Å². The third-order valence-corrected chi connectivity index (χ3v) is 4.97. The minimum absolute atomic E-state index is 0.182.